The third-order valence-electron chi connectivity index (χ3n) is 3.66. The number of halogens is 3. The van der Waals surface area contributed by atoms with Crippen LogP contribution in [0.25, 0.3) is 0 Å². The first-order valence-corrected chi connectivity index (χ1v) is 8.04. The number of hydrogen-bond acceptors (Lipinski definition) is 5. The third-order valence-corrected chi connectivity index (χ3v) is 3.66. The lowest BCUT2D eigenvalue weighted by molar-refractivity contribution is -0.137. The summed E-state index contributed by atoms with van der Waals surface area (Å²) in [6.45, 7) is 1.70. The normalized spacial score (nSPS) is 11.1. The Balaban J connectivity index is 1.81. The Morgan fingerprint density at radius 3 is 2.07 bits per heavy atom. The quantitative estimate of drug-likeness (QED) is 0.635. The Morgan fingerprint density at radius 2 is 1.48 bits per heavy atom. The highest BCUT2D eigenvalue weighted by Crippen LogP contribution is 2.31. The van der Waals surface area contributed by atoms with Crippen LogP contribution >= 0.6 is 0 Å². The van der Waals surface area contributed by atoms with Crippen molar-refractivity contribution in [2.45, 2.75) is 13.1 Å². The summed E-state index contributed by atoms with van der Waals surface area (Å²) in [7, 11) is 1.59. The molecule has 0 saturated heterocycles. The summed E-state index contributed by atoms with van der Waals surface area (Å²) in [6, 6.07) is 13.8. The van der Waals surface area contributed by atoms with Crippen LogP contribution in [0.1, 0.15) is 11.4 Å². The summed E-state index contributed by atoms with van der Waals surface area (Å²) in [5.74, 6) is 2.11. The number of benzene rings is 2. The standard InChI is InChI=1S/C19H17F3N4O/c1-12-23-17(25-14-6-8-16(27-2)9-7-14)11-18(24-12)26-15-5-3-4-13(10-15)19(20,21)22/h3-11H,1-2H3,(H2,23,24,25,26). The van der Waals surface area contributed by atoms with Gasteiger partial charge in [-0.2, -0.15) is 13.2 Å². The monoisotopic (exact) mass is 374 g/mol. The summed E-state index contributed by atoms with van der Waals surface area (Å²) in [4.78, 5) is 8.52. The van der Waals surface area contributed by atoms with Gasteiger partial charge in [-0.1, -0.05) is 6.07 Å². The van der Waals surface area contributed by atoms with Crippen LogP contribution < -0.4 is 15.4 Å². The van der Waals surface area contributed by atoms with Crippen molar-refractivity contribution in [1.82, 2.24) is 9.97 Å². The molecule has 1 aromatic heterocycles. The van der Waals surface area contributed by atoms with E-state index in [9.17, 15) is 13.2 Å². The summed E-state index contributed by atoms with van der Waals surface area (Å²) in [6.07, 6.45) is -4.40. The lowest BCUT2D eigenvalue weighted by Crippen LogP contribution is -2.06. The molecule has 3 aromatic rings. The van der Waals surface area contributed by atoms with Crippen molar-refractivity contribution in [2.75, 3.05) is 17.7 Å². The molecular weight excluding hydrogens is 357 g/mol. The minimum absolute atomic E-state index is 0.290. The van der Waals surface area contributed by atoms with Crippen molar-refractivity contribution in [3.63, 3.8) is 0 Å². The highest BCUT2D eigenvalue weighted by Gasteiger charge is 2.30. The number of alkyl halides is 3. The zero-order chi connectivity index (χ0) is 19.4. The maximum absolute atomic E-state index is 12.9. The number of aryl methyl sites for hydroxylation is 1. The van der Waals surface area contributed by atoms with Gasteiger partial charge in [-0.05, 0) is 49.4 Å². The molecule has 8 heteroatoms. The molecule has 0 fully saturated rings. The summed E-state index contributed by atoms with van der Waals surface area (Å²) in [5.41, 5.74) is 0.354. The molecule has 0 unspecified atom stereocenters. The molecule has 1 heterocycles. The van der Waals surface area contributed by atoms with E-state index in [2.05, 4.69) is 20.6 Å². The van der Waals surface area contributed by atoms with Gasteiger partial charge in [0.25, 0.3) is 0 Å². The van der Waals surface area contributed by atoms with E-state index in [1.165, 1.54) is 6.07 Å². The average molecular weight is 374 g/mol. The first-order chi connectivity index (χ1) is 12.8. The van der Waals surface area contributed by atoms with E-state index in [4.69, 9.17) is 4.74 Å². The van der Waals surface area contributed by atoms with E-state index in [-0.39, 0.29) is 0 Å². The second-order valence-corrected chi connectivity index (χ2v) is 5.74. The first kappa shape index (κ1) is 18.5. The van der Waals surface area contributed by atoms with Gasteiger partial charge >= 0.3 is 6.18 Å². The fourth-order valence-corrected chi connectivity index (χ4v) is 2.44. The van der Waals surface area contributed by atoms with Crippen LogP contribution in [0, 0.1) is 6.92 Å². The molecule has 0 aliphatic carbocycles. The Kier molecular flexibility index (Phi) is 5.16. The number of ether oxygens (including phenoxy) is 1. The topological polar surface area (TPSA) is 59.1 Å². The SMILES string of the molecule is COc1ccc(Nc2cc(Nc3cccc(C(F)(F)F)c3)nc(C)n2)cc1. The van der Waals surface area contributed by atoms with Crippen molar-refractivity contribution in [3.05, 3.63) is 66.0 Å². The van der Waals surface area contributed by atoms with Gasteiger partial charge in [0.15, 0.2) is 0 Å². The van der Waals surface area contributed by atoms with Crippen molar-refractivity contribution in [2.24, 2.45) is 0 Å². The Hall–Kier alpha value is -3.29. The maximum Gasteiger partial charge on any atom is 0.416 e. The zero-order valence-electron chi connectivity index (χ0n) is 14.6. The van der Waals surface area contributed by atoms with Crippen LogP contribution in [0.3, 0.4) is 0 Å². The summed E-state index contributed by atoms with van der Waals surface area (Å²) in [5, 5.41) is 6.02. The molecule has 140 valence electrons. The van der Waals surface area contributed by atoms with Gasteiger partial charge in [0, 0.05) is 17.4 Å². The predicted octanol–water partition coefficient (Wildman–Crippen LogP) is 5.30. The molecular formula is C19H17F3N4O. The lowest BCUT2D eigenvalue weighted by Gasteiger charge is -2.12. The van der Waals surface area contributed by atoms with Crippen molar-refractivity contribution in [1.29, 1.82) is 0 Å². The van der Waals surface area contributed by atoms with E-state index in [1.54, 1.807) is 38.3 Å². The fourth-order valence-electron chi connectivity index (χ4n) is 2.44. The molecule has 2 N–H and O–H groups in total. The van der Waals surface area contributed by atoms with Gasteiger partial charge in [-0.3, -0.25) is 0 Å². The fraction of sp³-hybridized carbons (Fsp3) is 0.158. The van der Waals surface area contributed by atoms with Crippen LogP contribution in [-0.4, -0.2) is 17.1 Å². The van der Waals surface area contributed by atoms with E-state index >= 15 is 0 Å². The van der Waals surface area contributed by atoms with E-state index in [0.29, 0.717) is 23.1 Å². The first-order valence-electron chi connectivity index (χ1n) is 8.04. The van der Waals surface area contributed by atoms with Crippen LogP contribution in [0.5, 0.6) is 5.75 Å². The molecule has 0 aliphatic rings. The molecule has 0 aliphatic heterocycles. The molecule has 27 heavy (non-hydrogen) atoms. The molecule has 0 amide bonds. The largest absolute Gasteiger partial charge is 0.497 e. The molecule has 3 rings (SSSR count). The summed E-state index contributed by atoms with van der Waals surface area (Å²) < 4.78 is 43.7. The van der Waals surface area contributed by atoms with E-state index < -0.39 is 11.7 Å². The Labute approximate surface area is 154 Å². The molecule has 2 aromatic carbocycles. The smallest absolute Gasteiger partial charge is 0.416 e. The minimum atomic E-state index is -4.40. The molecule has 0 saturated carbocycles. The molecule has 0 radical (unpaired) electrons. The van der Waals surface area contributed by atoms with Gasteiger partial charge in [0.1, 0.15) is 23.2 Å². The minimum Gasteiger partial charge on any atom is -0.497 e. The number of nitrogens with zero attached hydrogens (tertiary/aromatic N) is 2. The second-order valence-electron chi connectivity index (χ2n) is 5.74. The average Bonchev–Trinajstić information content (AvgIpc) is 2.61. The van der Waals surface area contributed by atoms with Crippen molar-refractivity contribution < 1.29 is 17.9 Å². The van der Waals surface area contributed by atoms with Gasteiger partial charge < -0.3 is 15.4 Å². The van der Waals surface area contributed by atoms with E-state index in [0.717, 1.165) is 23.6 Å². The number of nitrogens with one attached hydrogen (secondary N) is 2. The van der Waals surface area contributed by atoms with Gasteiger partial charge in [0.2, 0.25) is 0 Å². The second kappa shape index (κ2) is 7.53. The summed E-state index contributed by atoms with van der Waals surface area (Å²) >= 11 is 0. The van der Waals surface area contributed by atoms with Crippen molar-refractivity contribution >= 4 is 23.0 Å². The van der Waals surface area contributed by atoms with Crippen LogP contribution in [0.2, 0.25) is 0 Å². The number of methoxy groups -OCH3 is 1. The third kappa shape index (κ3) is 4.87. The Morgan fingerprint density at radius 1 is 0.852 bits per heavy atom. The van der Waals surface area contributed by atoms with Crippen molar-refractivity contribution in [3.8, 4) is 5.75 Å². The number of rotatable bonds is 5. The van der Waals surface area contributed by atoms with Gasteiger partial charge in [-0.25, -0.2) is 9.97 Å². The van der Waals surface area contributed by atoms with Gasteiger partial charge in [-0.15, -0.1) is 0 Å². The highest BCUT2D eigenvalue weighted by atomic mass is 19.4. The lowest BCUT2D eigenvalue weighted by atomic mass is 10.2. The van der Waals surface area contributed by atoms with Crippen LogP contribution in [0.15, 0.2) is 54.6 Å². The van der Waals surface area contributed by atoms with Crippen LogP contribution in [-0.2, 0) is 6.18 Å². The highest BCUT2D eigenvalue weighted by molar-refractivity contribution is 5.64. The molecule has 0 spiro atoms. The Bertz CT molecular complexity index is 927. The number of anilines is 4. The van der Waals surface area contributed by atoms with Crippen LogP contribution in [0.4, 0.5) is 36.2 Å². The molecule has 0 bridgehead atoms. The molecule has 5 nitrogen and oxygen atoms in total. The zero-order valence-corrected chi connectivity index (χ0v) is 14.6. The number of aromatic nitrogens is 2. The van der Waals surface area contributed by atoms with E-state index in [1.807, 2.05) is 12.1 Å². The van der Waals surface area contributed by atoms with Gasteiger partial charge in [0.05, 0.1) is 12.7 Å². The molecule has 0 atom stereocenters. The maximum atomic E-state index is 12.9. The number of hydrogen-bond donors (Lipinski definition) is 2. The predicted molar refractivity (Wildman–Crippen MR) is 97.8 cm³/mol.